The Balaban J connectivity index is 0.00000342. The van der Waals surface area contributed by atoms with Crippen molar-refractivity contribution in [2.24, 2.45) is 11.8 Å². The average Bonchev–Trinajstić information content (AvgIpc) is 3.72. The molecule has 4 fully saturated rings. The molecule has 0 aromatic rings. The van der Waals surface area contributed by atoms with Gasteiger partial charge in [-0.2, -0.15) is 0 Å². The zero-order valence-corrected chi connectivity index (χ0v) is 23.1. The third-order valence-corrected chi connectivity index (χ3v) is 8.41. The van der Waals surface area contributed by atoms with Crippen LogP contribution < -0.4 is 5.32 Å². The first kappa shape index (κ1) is 28.7. The zero-order valence-electron chi connectivity index (χ0n) is 21.7. The van der Waals surface area contributed by atoms with Gasteiger partial charge in [-0.3, -0.25) is 9.59 Å². The molecule has 4 aliphatic rings. The van der Waals surface area contributed by atoms with Gasteiger partial charge in [-0.05, 0) is 71.6 Å². The molecule has 7 nitrogen and oxygen atoms in total. The number of allylic oxidation sites excluding steroid dienone is 1. The number of nitrogens with one attached hydrogen (secondary N) is 1. The quantitative estimate of drug-likeness (QED) is 0.212. The Morgan fingerprint density at radius 1 is 1.17 bits per heavy atom. The number of carbonyl (C=O) groups is 2. The molecule has 1 spiro atoms. The number of hydrogen-bond acceptors (Lipinski definition) is 6. The minimum atomic E-state index is -0.328. The molecule has 1 radical (unpaired) electrons. The molecule has 1 N–H and O–H groups in total. The van der Waals surface area contributed by atoms with E-state index >= 15 is 0 Å². The first-order chi connectivity index (χ1) is 16.2. The molecule has 2 aliphatic carbocycles. The van der Waals surface area contributed by atoms with Gasteiger partial charge in [-0.25, -0.2) is 0 Å². The molecule has 197 valence electrons. The van der Waals surface area contributed by atoms with Gasteiger partial charge in [0.1, 0.15) is 23.4 Å². The van der Waals surface area contributed by atoms with Gasteiger partial charge in [0.05, 0.1) is 18.6 Å². The van der Waals surface area contributed by atoms with Crippen LogP contribution in [0.25, 0.3) is 0 Å². The number of amides is 1. The maximum absolute atomic E-state index is 12.9. The Morgan fingerprint density at radius 2 is 1.86 bits per heavy atom. The molecule has 0 aromatic carbocycles. The van der Waals surface area contributed by atoms with E-state index in [1.54, 1.807) is 7.11 Å². The minimum Gasteiger partial charge on any atom is -0.460 e. The molecule has 2 saturated heterocycles. The minimum absolute atomic E-state index is 0. The Hall–Kier alpha value is -0.856. The van der Waals surface area contributed by atoms with Crippen LogP contribution in [0, 0.1) is 18.8 Å². The van der Waals surface area contributed by atoms with Crippen molar-refractivity contribution < 1.29 is 47.1 Å². The van der Waals surface area contributed by atoms with E-state index in [1.165, 1.54) is 5.57 Å². The summed E-state index contributed by atoms with van der Waals surface area (Å²) >= 11 is 0. The zero-order chi connectivity index (χ0) is 24.5. The number of methoxy groups -OCH3 is 1. The van der Waals surface area contributed by atoms with E-state index in [0.717, 1.165) is 51.6 Å². The molecule has 3 unspecified atom stereocenters. The van der Waals surface area contributed by atoms with Crippen LogP contribution in [0.5, 0.6) is 0 Å². The maximum Gasteiger partial charge on any atom is 0.306 e. The van der Waals surface area contributed by atoms with E-state index in [1.807, 2.05) is 0 Å². The first-order valence-electron chi connectivity index (χ1n) is 13.0. The second-order valence-electron chi connectivity index (χ2n) is 11.1. The van der Waals surface area contributed by atoms with Crippen LogP contribution in [0.2, 0.25) is 0 Å². The number of ether oxygens (including phenoxy) is 4. The standard InChI is InChI=1S/C27H42NO6.V/c1-6-22(29)28-19-10-8-18(9-11-19)15-23(30)33-20-13-14-27(16-32-27)25(24(20)31-5)26(4)21(34-26)12-7-17(2)3;/h7,18-21,24-25H,1,6,8-16H2,2-5H3,(H,28,29);/q-1;/t18?,19?,20?,21-,24?,25?,26+,27+;/m1./s1. The van der Waals surface area contributed by atoms with Crippen molar-refractivity contribution in [1.82, 2.24) is 5.32 Å². The number of rotatable bonds is 9. The summed E-state index contributed by atoms with van der Waals surface area (Å²) in [4.78, 5) is 24.5. The summed E-state index contributed by atoms with van der Waals surface area (Å²) < 4.78 is 24.3. The van der Waals surface area contributed by atoms with E-state index in [2.05, 4.69) is 39.1 Å². The third kappa shape index (κ3) is 6.53. The Bertz CT molecular complexity index is 787. The molecular weight excluding hydrogens is 485 g/mol. The van der Waals surface area contributed by atoms with E-state index in [9.17, 15) is 9.59 Å². The van der Waals surface area contributed by atoms with Crippen molar-refractivity contribution in [2.45, 2.75) is 114 Å². The predicted octanol–water partition coefficient (Wildman–Crippen LogP) is 3.89. The molecule has 1 amide bonds. The number of epoxide rings is 2. The largest absolute Gasteiger partial charge is 0.460 e. The van der Waals surface area contributed by atoms with Crippen LogP contribution in [0.4, 0.5) is 0 Å². The molecule has 6 atom stereocenters. The van der Waals surface area contributed by atoms with Gasteiger partial charge < -0.3 is 31.2 Å². The first-order valence-corrected chi connectivity index (χ1v) is 13.0. The molecule has 0 bridgehead atoms. The van der Waals surface area contributed by atoms with Crippen LogP contribution >= 0.6 is 0 Å². The van der Waals surface area contributed by atoms with Crippen LogP contribution in [0.1, 0.15) is 78.6 Å². The molecule has 8 heteroatoms. The number of carbonyl (C=O) groups excluding carboxylic acids is 2. The van der Waals surface area contributed by atoms with Gasteiger partial charge in [0.25, 0.3) is 0 Å². The van der Waals surface area contributed by atoms with Crippen molar-refractivity contribution in [3.05, 3.63) is 18.6 Å². The average molecular weight is 528 g/mol. The van der Waals surface area contributed by atoms with Gasteiger partial charge in [0, 0.05) is 38.1 Å². The van der Waals surface area contributed by atoms with Crippen LogP contribution in [-0.2, 0) is 47.1 Å². The summed E-state index contributed by atoms with van der Waals surface area (Å²) in [6.45, 7) is 10.7. The maximum atomic E-state index is 12.9. The molecule has 2 aliphatic heterocycles. The van der Waals surface area contributed by atoms with Crippen molar-refractivity contribution in [2.75, 3.05) is 13.7 Å². The summed E-state index contributed by atoms with van der Waals surface area (Å²) in [7, 11) is 1.71. The Labute approximate surface area is 222 Å². The van der Waals surface area contributed by atoms with Gasteiger partial charge in [0.15, 0.2) is 5.91 Å². The fraction of sp³-hybridized carbons (Fsp3) is 0.815. The van der Waals surface area contributed by atoms with Crippen molar-refractivity contribution in [3.63, 3.8) is 0 Å². The second kappa shape index (κ2) is 11.7. The van der Waals surface area contributed by atoms with E-state index in [0.29, 0.717) is 12.3 Å². The molecule has 35 heavy (non-hydrogen) atoms. The third-order valence-electron chi connectivity index (χ3n) is 8.41. The van der Waals surface area contributed by atoms with Crippen LogP contribution in [0.15, 0.2) is 11.6 Å². The Kier molecular flexibility index (Phi) is 9.58. The summed E-state index contributed by atoms with van der Waals surface area (Å²) in [5.41, 5.74) is 0.743. The molecular formula is C27H42NO6V-. The van der Waals surface area contributed by atoms with Crippen LogP contribution in [-0.4, -0.2) is 61.1 Å². The number of esters is 1. The SMILES string of the molecule is [CH2-]CC(=O)NC1CCC(CC(=O)OC2CC[C@]3(CO3)C([C@@]3(C)O[C@@H]3CC=C(C)C)C2OC)CC1.[V]. The smallest absolute Gasteiger partial charge is 0.306 e. The molecule has 0 aromatic heterocycles. The normalized spacial score (nSPS) is 39.8. The van der Waals surface area contributed by atoms with E-state index in [4.69, 9.17) is 18.9 Å². The van der Waals surface area contributed by atoms with Crippen LogP contribution in [0.3, 0.4) is 0 Å². The summed E-state index contributed by atoms with van der Waals surface area (Å²) in [5.74, 6) is 0.191. The van der Waals surface area contributed by atoms with Gasteiger partial charge in [-0.1, -0.05) is 11.6 Å². The summed E-state index contributed by atoms with van der Waals surface area (Å²) in [6.07, 6.45) is 8.66. The van der Waals surface area contributed by atoms with Crippen molar-refractivity contribution >= 4 is 11.9 Å². The molecule has 4 rings (SSSR count). The topological polar surface area (TPSA) is 89.7 Å². The van der Waals surface area contributed by atoms with Gasteiger partial charge >= 0.3 is 5.97 Å². The predicted molar refractivity (Wildman–Crippen MR) is 128 cm³/mol. The molecule has 2 saturated carbocycles. The van der Waals surface area contributed by atoms with Crippen molar-refractivity contribution in [1.29, 1.82) is 0 Å². The summed E-state index contributed by atoms with van der Waals surface area (Å²) in [6, 6.07) is 0.201. The number of hydrogen-bond donors (Lipinski definition) is 1. The van der Waals surface area contributed by atoms with E-state index < -0.39 is 0 Å². The fourth-order valence-corrected chi connectivity index (χ4v) is 6.33. The second-order valence-corrected chi connectivity index (χ2v) is 11.1. The van der Waals surface area contributed by atoms with E-state index in [-0.39, 0.29) is 78.3 Å². The monoisotopic (exact) mass is 527 g/mol. The van der Waals surface area contributed by atoms with Crippen molar-refractivity contribution in [3.8, 4) is 0 Å². The van der Waals surface area contributed by atoms with Gasteiger partial charge in [-0.15, -0.1) is 6.42 Å². The van der Waals surface area contributed by atoms with Gasteiger partial charge in [0.2, 0.25) is 0 Å². The fourth-order valence-electron chi connectivity index (χ4n) is 6.33. The summed E-state index contributed by atoms with van der Waals surface area (Å²) in [5, 5.41) is 3.02. The molecule has 2 heterocycles. The Morgan fingerprint density at radius 3 is 2.43 bits per heavy atom.